The van der Waals surface area contributed by atoms with Crippen LogP contribution in [0.1, 0.15) is 60.7 Å². The third-order valence-corrected chi connectivity index (χ3v) is 6.40. The van der Waals surface area contributed by atoms with Crippen molar-refractivity contribution in [2.45, 2.75) is 45.6 Å². The molecule has 0 saturated heterocycles. The predicted octanol–water partition coefficient (Wildman–Crippen LogP) is 5.05. The van der Waals surface area contributed by atoms with Crippen LogP contribution in [0.15, 0.2) is 18.2 Å². The molecule has 0 amide bonds. The van der Waals surface area contributed by atoms with Crippen molar-refractivity contribution in [3.8, 4) is 17.2 Å². The molecule has 2 aromatic carbocycles. The molecule has 1 aliphatic rings. The van der Waals surface area contributed by atoms with Gasteiger partial charge in [0.05, 0.1) is 38.6 Å². The van der Waals surface area contributed by atoms with E-state index in [4.69, 9.17) is 24.7 Å². The molecular weight excluding hydrogens is 573 g/mol. The molecule has 2 N–H and O–H groups in total. The van der Waals surface area contributed by atoms with Crippen LogP contribution in [0, 0.1) is 11.2 Å². The van der Waals surface area contributed by atoms with E-state index < -0.39 is 11.8 Å². The minimum absolute atomic E-state index is 0. The first-order chi connectivity index (χ1) is 17.8. The topological polar surface area (TPSA) is 112 Å². The first-order valence-corrected chi connectivity index (χ1v) is 12.3. The second-order valence-corrected chi connectivity index (χ2v) is 10.5. The normalized spacial score (nSPS) is 12.5. The van der Waals surface area contributed by atoms with Crippen molar-refractivity contribution in [2.75, 3.05) is 46.4 Å². The molecule has 0 unspecified atom stereocenters. The van der Waals surface area contributed by atoms with Crippen LogP contribution in [0.5, 0.6) is 17.2 Å². The average Bonchev–Trinajstić information content (AvgIpc) is 3.15. The van der Waals surface area contributed by atoms with Crippen molar-refractivity contribution < 1.29 is 33.3 Å². The Hall–Kier alpha value is -3.34. The number of ether oxygens (including phenoxy) is 3. The molecule has 39 heavy (non-hydrogen) atoms. The van der Waals surface area contributed by atoms with E-state index in [1.807, 2.05) is 39.8 Å². The van der Waals surface area contributed by atoms with E-state index >= 15 is 4.39 Å². The lowest BCUT2D eigenvalue weighted by Crippen LogP contribution is -2.31. The van der Waals surface area contributed by atoms with E-state index in [9.17, 15) is 9.59 Å². The number of benzene rings is 2. The Kier molecular flexibility index (Phi) is 10.4. The van der Waals surface area contributed by atoms with Crippen molar-refractivity contribution in [1.29, 1.82) is 5.41 Å². The number of nitrogens with one attached hydrogen (secondary N) is 1. The lowest BCUT2D eigenvalue weighted by molar-refractivity contribution is -0.137. The Morgan fingerprint density at radius 1 is 1.13 bits per heavy atom. The predicted molar refractivity (Wildman–Crippen MR) is 153 cm³/mol. The third-order valence-electron chi connectivity index (χ3n) is 6.40. The molecule has 0 atom stereocenters. The van der Waals surface area contributed by atoms with Crippen LogP contribution >= 0.6 is 17.0 Å². The zero-order valence-corrected chi connectivity index (χ0v) is 25.1. The SMILES string of the molecule is Br.COc1cc2c(c(F)c1OC)C(=N)N(CC(=O)c1cc(N(C)C)c(OCCCC(=O)O)c(C(C)(C)C)c1)C2. The minimum atomic E-state index is -0.884. The van der Waals surface area contributed by atoms with Gasteiger partial charge in [0, 0.05) is 38.2 Å². The van der Waals surface area contributed by atoms with Gasteiger partial charge >= 0.3 is 5.97 Å². The molecule has 0 aromatic heterocycles. The number of halogens is 2. The summed E-state index contributed by atoms with van der Waals surface area (Å²) in [5.41, 5.74) is 2.21. The highest BCUT2D eigenvalue weighted by atomic mass is 79.9. The van der Waals surface area contributed by atoms with Crippen molar-refractivity contribution in [3.63, 3.8) is 0 Å². The zero-order chi connectivity index (χ0) is 28.4. The molecule has 0 bridgehead atoms. The number of Topliss-reactive ketones (excluding diaryl/α,β-unsaturated/α-hetero) is 1. The number of ketones is 1. The summed E-state index contributed by atoms with van der Waals surface area (Å²) in [5.74, 6) is -1.13. The summed E-state index contributed by atoms with van der Waals surface area (Å²) in [6.07, 6.45) is 0.359. The molecule has 0 saturated carbocycles. The van der Waals surface area contributed by atoms with Crippen LogP contribution in [0.25, 0.3) is 0 Å². The van der Waals surface area contributed by atoms with E-state index in [-0.39, 0.29) is 77.2 Å². The Morgan fingerprint density at radius 2 is 1.79 bits per heavy atom. The highest BCUT2D eigenvalue weighted by molar-refractivity contribution is 8.93. The average molecular weight is 611 g/mol. The number of hydrogen-bond acceptors (Lipinski definition) is 7. The highest BCUT2D eigenvalue weighted by Gasteiger charge is 2.33. The molecule has 0 fully saturated rings. The maximum absolute atomic E-state index is 15.1. The molecule has 3 rings (SSSR count). The van der Waals surface area contributed by atoms with Crippen molar-refractivity contribution in [2.24, 2.45) is 0 Å². The van der Waals surface area contributed by atoms with E-state index in [0.717, 1.165) is 5.56 Å². The first-order valence-electron chi connectivity index (χ1n) is 12.3. The molecule has 1 aliphatic heterocycles. The van der Waals surface area contributed by atoms with Gasteiger partial charge in [-0.05, 0) is 35.6 Å². The lowest BCUT2D eigenvalue weighted by atomic mass is 9.84. The molecule has 214 valence electrons. The van der Waals surface area contributed by atoms with Gasteiger partial charge in [-0.2, -0.15) is 0 Å². The number of aliphatic carboxylic acids is 1. The maximum Gasteiger partial charge on any atom is 0.303 e. The molecule has 0 radical (unpaired) electrons. The van der Waals surface area contributed by atoms with Crippen LogP contribution < -0.4 is 19.1 Å². The summed E-state index contributed by atoms with van der Waals surface area (Å²) in [7, 11) is 6.44. The summed E-state index contributed by atoms with van der Waals surface area (Å²) in [5, 5.41) is 17.5. The minimum Gasteiger partial charge on any atom is -0.493 e. The monoisotopic (exact) mass is 609 g/mol. The lowest BCUT2D eigenvalue weighted by Gasteiger charge is -2.28. The molecule has 2 aromatic rings. The van der Waals surface area contributed by atoms with Crippen LogP contribution in [0.3, 0.4) is 0 Å². The second-order valence-electron chi connectivity index (χ2n) is 10.5. The summed E-state index contributed by atoms with van der Waals surface area (Å²) >= 11 is 0. The fourth-order valence-corrected chi connectivity index (χ4v) is 4.44. The van der Waals surface area contributed by atoms with Gasteiger partial charge in [-0.25, -0.2) is 4.39 Å². The Balaban J connectivity index is 0.00000533. The Labute approximate surface area is 239 Å². The summed E-state index contributed by atoms with van der Waals surface area (Å²) in [6, 6.07) is 5.17. The number of nitrogens with zero attached hydrogens (tertiary/aromatic N) is 2. The Morgan fingerprint density at radius 3 is 2.33 bits per heavy atom. The number of carboxylic acids is 1. The zero-order valence-electron chi connectivity index (χ0n) is 23.4. The molecule has 9 nitrogen and oxygen atoms in total. The molecule has 11 heteroatoms. The number of carboxylic acid groups (broad SMARTS) is 1. The summed E-state index contributed by atoms with van der Waals surface area (Å²) < 4.78 is 31.6. The fourth-order valence-electron chi connectivity index (χ4n) is 4.44. The van der Waals surface area contributed by atoms with Crippen LogP contribution in [-0.2, 0) is 16.8 Å². The standard InChI is InChI=1S/C28H36FN3O6.BrH/c1-28(2,3)18-11-16(12-19(31(4)5)25(18)38-10-8-9-22(34)35)20(33)15-32-14-17-13-21(36-6)26(37-7)24(29)23(17)27(32)30;/h11-13,30H,8-10,14-15H2,1-7H3,(H,34,35);1H. The van der Waals surface area contributed by atoms with Gasteiger partial charge in [0.2, 0.25) is 0 Å². The van der Waals surface area contributed by atoms with Crippen LogP contribution in [-0.4, -0.2) is 69.1 Å². The van der Waals surface area contributed by atoms with Crippen molar-refractivity contribution >= 4 is 40.3 Å². The van der Waals surface area contributed by atoms with E-state index in [1.165, 1.54) is 19.1 Å². The number of carbonyl (C=O) groups is 2. The summed E-state index contributed by atoms with van der Waals surface area (Å²) in [6.45, 7) is 6.33. The molecule has 0 aliphatic carbocycles. The van der Waals surface area contributed by atoms with Crippen LogP contribution in [0.4, 0.5) is 10.1 Å². The smallest absolute Gasteiger partial charge is 0.303 e. The summed E-state index contributed by atoms with van der Waals surface area (Å²) in [4.78, 5) is 27.8. The van der Waals surface area contributed by atoms with Gasteiger partial charge in [0.25, 0.3) is 0 Å². The highest BCUT2D eigenvalue weighted by Crippen LogP contribution is 2.41. The van der Waals surface area contributed by atoms with Gasteiger partial charge in [-0.15, -0.1) is 17.0 Å². The third kappa shape index (κ3) is 6.81. The van der Waals surface area contributed by atoms with E-state index in [1.54, 1.807) is 18.2 Å². The first kappa shape index (κ1) is 31.9. The number of rotatable bonds is 11. The van der Waals surface area contributed by atoms with Crippen LogP contribution in [0.2, 0.25) is 0 Å². The van der Waals surface area contributed by atoms with Gasteiger partial charge in [0.1, 0.15) is 11.6 Å². The Bertz CT molecular complexity index is 1260. The van der Waals surface area contributed by atoms with Gasteiger partial charge < -0.3 is 29.1 Å². The molecular formula is C28H37BrFN3O6. The van der Waals surface area contributed by atoms with Gasteiger partial charge in [0.15, 0.2) is 23.1 Å². The van der Waals surface area contributed by atoms with Gasteiger partial charge in [-0.1, -0.05) is 20.8 Å². The van der Waals surface area contributed by atoms with E-state index in [2.05, 4.69) is 0 Å². The van der Waals surface area contributed by atoms with E-state index in [0.29, 0.717) is 29.0 Å². The number of carbonyl (C=O) groups excluding carboxylic acids is 1. The number of fused-ring (bicyclic) bond motifs is 1. The second kappa shape index (κ2) is 12.7. The number of hydrogen-bond donors (Lipinski definition) is 2. The number of amidine groups is 1. The molecule has 1 heterocycles. The molecule has 0 spiro atoms. The number of anilines is 1. The fraction of sp³-hybridized carbons (Fsp3) is 0.464. The maximum atomic E-state index is 15.1. The largest absolute Gasteiger partial charge is 0.493 e. The van der Waals surface area contributed by atoms with Crippen molar-refractivity contribution in [3.05, 3.63) is 46.3 Å². The van der Waals surface area contributed by atoms with Crippen molar-refractivity contribution in [1.82, 2.24) is 4.90 Å². The van der Waals surface area contributed by atoms with Gasteiger partial charge in [-0.3, -0.25) is 15.0 Å². The quantitative estimate of drug-likeness (QED) is 0.269. The number of methoxy groups -OCH3 is 2.